The van der Waals surface area contributed by atoms with E-state index in [0.717, 1.165) is 24.6 Å². The van der Waals surface area contributed by atoms with Crippen LogP contribution in [0.5, 0.6) is 0 Å². The summed E-state index contributed by atoms with van der Waals surface area (Å²) in [4.78, 5) is 0. The molecule has 2 heteroatoms. The van der Waals surface area contributed by atoms with Crippen molar-refractivity contribution in [3.8, 4) is 0 Å². The van der Waals surface area contributed by atoms with Gasteiger partial charge in [-0.05, 0) is 37.9 Å². The maximum absolute atomic E-state index is 5.35. The third kappa shape index (κ3) is 7.54. The van der Waals surface area contributed by atoms with Crippen LogP contribution in [0.15, 0.2) is 22.8 Å². The van der Waals surface area contributed by atoms with E-state index in [4.69, 9.17) is 4.42 Å². The minimum atomic E-state index is 0.506. The molecule has 0 saturated heterocycles. The van der Waals surface area contributed by atoms with Crippen molar-refractivity contribution in [2.45, 2.75) is 65.3 Å². The molecular formula is C16H29NO. The van der Waals surface area contributed by atoms with Crippen molar-refractivity contribution in [1.29, 1.82) is 0 Å². The molecule has 0 aliphatic carbocycles. The van der Waals surface area contributed by atoms with E-state index >= 15 is 0 Å². The molecule has 1 aromatic heterocycles. The lowest BCUT2D eigenvalue weighted by molar-refractivity contribution is 0.448. The minimum absolute atomic E-state index is 0.506. The van der Waals surface area contributed by atoms with Gasteiger partial charge in [0.15, 0.2) is 0 Å². The maximum atomic E-state index is 5.35. The van der Waals surface area contributed by atoms with Crippen LogP contribution in [-0.2, 0) is 6.42 Å². The van der Waals surface area contributed by atoms with Crippen LogP contribution in [0.2, 0.25) is 0 Å². The fourth-order valence-corrected chi connectivity index (χ4v) is 2.18. The lowest BCUT2D eigenvalue weighted by atomic mass is 10.0. The molecule has 0 aromatic carbocycles. The molecule has 0 radical (unpaired) electrons. The standard InChI is InChI=1S/C16H29NO/c1-14(2)9-6-4-5-7-11-17-15(3)13-16-10-8-12-18-16/h8,10,12,14-15,17H,4-7,9,11,13H2,1-3H3. The Morgan fingerprint density at radius 2 is 1.89 bits per heavy atom. The quantitative estimate of drug-likeness (QED) is 0.623. The predicted octanol–water partition coefficient (Wildman–Crippen LogP) is 4.41. The van der Waals surface area contributed by atoms with Crippen molar-refractivity contribution in [3.63, 3.8) is 0 Å². The van der Waals surface area contributed by atoms with Gasteiger partial charge in [-0.15, -0.1) is 0 Å². The van der Waals surface area contributed by atoms with E-state index in [1.807, 2.05) is 12.1 Å². The van der Waals surface area contributed by atoms with Gasteiger partial charge in [-0.1, -0.05) is 39.5 Å². The first-order valence-corrected chi connectivity index (χ1v) is 7.44. The second-order valence-electron chi connectivity index (χ2n) is 5.74. The molecule has 1 unspecified atom stereocenters. The van der Waals surface area contributed by atoms with Gasteiger partial charge >= 0.3 is 0 Å². The second kappa shape index (κ2) is 9.21. The molecule has 0 fully saturated rings. The highest BCUT2D eigenvalue weighted by molar-refractivity contribution is 4.99. The summed E-state index contributed by atoms with van der Waals surface area (Å²) in [6, 6.07) is 4.51. The first-order valence-electron chi connectivity index (χ1n) is 7.44. The molecular weight excluding hydrogens is 222 g/mol. The first kappa shape index (κ1) is 15.3. The van der Waals surface area contributed by atoms with E-state index in [1.54, 1.807) is 6.26 Å². The van der Waals surface area contributed by atoms with Crippen molar-refractivity contribution in [3.05, 3.63) is 24.2 Å². The molecule has 0 spiro atoms. The maximum Gasteiger partial charge on any atom is 0.105 e. The molecule has 0 amide bonds. The second-order valence-corrected chi connectivity index (χ2v) is 5.74. The van der Waals surface area contributed by atoms with Crippen molar-refractivity contribution in [1.82, 2.24) is 5.32 Å². The van der Waals surface area contributed by atoms with E-state index in [9.17, 15) is 0 Å². The lowest BCUT2D eigenvalue weighted by Crippen LogP contribution is -2.28. The Bertz CT molecular complexity index is 279. The van der Waals surface area contributed by atoms with Crippen LogP contribution >= 0.6 is 0 Å². The van der Waals surface area contributed by atoms with E-state index in [0.29, 0.717) is 6.04 Å². The monoisotopic (exact) mass is 251 g/mol. The van der Waals surface area contributed by atoms with Gasteiger partial charge < -0.3 is 9.73 Å². The molecule has 0 aliphatic rings. The van der Waals surface area contributed by atoms with Crippen molar-refractivity contribution < 1.29 is 4.42 Å². The molecule has 0 aliphatic heterocycles. The Hall–Kier alpha value is -0.760. The van der Waals surface area contributed by atoms with Crippen molar-refractivity contribution in [2.75, 3.05) is 6.54 Å². The Morgan fingerprint density at radius 1 is 1.11 bits per heavy atom. The summed E-state index contributed by atoms with van der Waals surface area (Å²) in [7, 11) is 0. The fourth-order valence-electron chi connectivity index (χ4n) is 2.18. The molecule has 1 heterocycles. The zero-order valence-electron chi connectivity index (χ0n) is 12.2. The average molecular weight is 251 g/mol. The van der Waals surface area contributed by atoms with Gasteiger partial charge in [0.1, 0.15) is 5.76 Å². The molecule has 0 saturated carbocycles. The Labute approximate surface area is 112 Å². The average Bonchev–Trinajstić information content (AvgIpc) is 2.80. The lowest BCUT2D eigenvalue weighted by Gasteiger charge is -2.12. The smallest absolute Gasteiger partial charge is 0.105 e. The Balaban J connectivity index is 1.91. The first-order chi connectivity index (χ1) is 8.68. The molecule has 0 bridgehead atoms. The van der Waals surface area contributed by atoms with Crippen LogP contribution in [0, 0.1) is 5.92 Å². The normalized spacial score (nSPS) is 13.1. The van der Waals surface area contributed by atoms with Gasteiger partial charge in [-0.2, -0.15) is 0 Å². The summed E-state index contributed by atoms with van der Waals surface area (Å²) in [5.41, 5.74) is 0. The third-order valence-corrected chi connectivity index (χ3v) is 3.29. The summed E-state index contributed by atoms with van der Waals surface area (Å²) in [6.07, 6.45) is 9.53. The van der Waals surface area contributed by atoms with E-state index in [-0.39, 0.29) is 0 Å². The molecule has 1 N–H and O–H groups in total. The summed E-state index contributed by atoms with van der Waals surface area (Å²) in [6.45, 7) is 7.96. The zero-order valence-corrected chi connectivity index (χ0v) is 12.2. The number of rotatable bonds is 10. The van der Waals surface area contributed by atoms with Gasteiger partial charge in [0.05, 0.1) is 6.26 Å². The highest BCUT2D eigenvalue weighted by Gasteiger charge is 2.04. The topological polar surface area (TPSA) is 25.2 Å². The predicted molar refractivity (Wildman–Crippen MR) is 77.8 cm³/mol. The van der Waals surface area contributed by atoms with Crippen LogP contribution in [0.25, 0.3) is 0 Å². The molecule has 1 aromatic rings. The van der Waals surface area contributed by atoms with Crippen LogP contribution < -0.4 is 5.32 Å². The molecule has 18 heavy (non-hydrogen) atoms. The van der Waals surface area contributed by atoms with E-state index in [2.05, 4.69) is 26.1 Å². The largest absolute Gasteiger partial charge is 0.469 e. The van der Waals surface area contributed by atoms with E-state index < -0.39 is 0 Å². The van der Waals surface area contributed by atoms with E-state index in [1.165, 1.54) is 32.1 Å². The van der Waals surface area contributed by atoms with Crippen molar-refractivity contribution in [2.24, 2.45) is 5.92 Å². The summed E-state index contributed by atoms with van der Waals surface area (Å²) >= 11 is 0. The highest BCUT2D eigenvalue weighted by Crippen LogP contribution is 2.09. The van der Waals surface area contributed by atoms with Crippen LogP contribution in [-0.4, -0.2) is 12.6 Å². The van der Waals surface area contributed by atoms with Crippen molar-refractivity contribution >= 4 is 0 Å². The molecule has 1 rings (SSSR count). The highest BCUT2D eigenvalue weighted by atomic mass is 16.3. The van der Waals surface area contributed by atoms with Gasteiger partial charge in [-0.25, -0.2) is 0 Å². The fraction of sp³-hybridized carbons (Fsp3) is 0.750. The number of hydrogen-bond acceptors (Lipinski definition) is 2. The van der Waals surface area contributed by atoms with Crippen LogP contribution in [0.4, 0.5) is 0 Å². The number of hydrogen-bond donors (Lipinski definition) is 1. The SMILES string of the molecule is CC(C)CCCCCCNC(C)Cc1ccco1. The molecule has 1 atom stereocenters. The molecule has 104 valence electrons. The Morgan fingerprint density at radius 3 is 2.56 bits per heavy atom. The summed E-state index contributed by atoms with van der Waals surface area (Å²) < 4.78 is 5.35. The van der Waals surface area contributed by atoms with Gasteiger partial charge in [0.2, 0.25) is 0 Å². The number of unbranched alkanes of at least 4 members (excludes halogenated alkanes) is 3. The number of furan rings is 1. The Kier molecular flexibility index (Phi) is 7.83. The van der Waals surface area contributed by atoms with Crippen LogP contribution in [0.1, 0.15) is 58.6 Å². The van der Waals surface area contributed by atoms with Crippen LogP contribution in [0.3, 0.4) is 0 Å². The summed E-state index contributed by atoms with van der Waals surface area (Å²) in [5.74, 6) is 1.93. The number of nitrogens with one attached hydrogen (secondary N) is 1. The summed E-state index contributed by atoms with van der Waals surface area (Å²) in [5, 5.41) is 3.56. The van der Waals surface area contributed by atoms with Gasteiger partial charge in [0, 0.05) is 12.5 Å². The zero-order chi connectivity index (χ0) is 13.2. The molecule has 2 nitrogen and oxygen atoms in total. The van der Waals surface area contributed by atoms with Gasteiger partial charge in [0.25, 0.3) is 0 Å². The third-order valence-electron chi connectivity index (χ3n) is 3.29. The minimum Gasteiger partial charge on any atom is -0.469 e. The van der Waals surface area contributed by atoms with Gasteiger partial charge in [-0.3, -0.25) is 0 Å².